The smallest absolute Gasteiger partial charge is 0.133 e. The Hall–Kier alpha value is -1.06. The molecule has 1 fully saturated rings. The average molecular weight is 269 g/mol. The van der Waals surface area contributed by atoms with E-state index in [1.807, 2.05) is 12.1 Å². The van der Waals surface area contributed by atoms with Gasteiger partial charge in [0.1, 0.15) is 11.5 Å². The van der Waals surface area contributed by atoms with Crippen molar-refractivity contribution in [3.8, 4) is 5.75 Å². The Balaban J connectivity index is 1.93. The molecule has 0 amide bonds. The number of halogens is 1. The van der Waals surface area contributed by atoms with Crippen molar-refractivity contribution < 1.29 is 14.3 Å². The molecule has 0 aromatic heterocycles. The molecular formula is C14H17ClO3. The third-order valence-electron chi connectivity index (χ3n) is 3.21. The lowest BCUT2D eigenvalue weighted by molar-refractivity contribution is -0.123. The number of rotatable bonds is 4. The predicted molar refractivity (Wildman–Crippen MR) is 70.1 cm³/mol. The maximum absolute atomic E-state index is 11.1. The highest BCUT2D eigenvalue weighted by Crippen LogP contribution is 2.25. The van der Waals surface area contributed by atoms with Crippen LogP contribution in [0.25, 0.3) is 0 Å². The van der Waals surface area contributed by atoms with Crippen LogP contribution >= 0.6 is 11.6 Å². The van der Waals surface area contributed by atoms with E-state index in [9.17, 15) is 4.79 Å². The number of carbonyl (C=O) groups excluding carboxylic acids is 1. The molecule has 0 saturated heterocycles. The van der Waals surface area contributed by atoms with Gasteiger partial charge >= 0.3 is 0 Å². The van der Waals surface area contributed by atoms with Crippen LogP contribution in [0.2, 0.25) is 5.02 Å². The summed E-state index contributed by atoms with van der Waals surface area (Å²) >= 11 is 5.96. The molecule has 4 heteroatoms. The van der Waals surface area contributed by atoms with E-state index in [0.717, 1.165) is 24.2 Å². The summed E-state index contributed by atoms with van der Waals surface area (Å²) < 4.78 is 11.1. The number of carbonyl (C=O) groups is 1. The van der Waals surface area contributed by atoms with E-state index in [4.69, 9.17) is 21.1 Å². The molecule has 1 aliphatic rings. The summed E-state index contributed by atoms with van der Waals surface area (Å²) in [5, 5.41) is 0.674. The Kier molecular flexibility index (Phi) is 4.61. The van der Waals surface area contributed by atoms with Gasteiger partial charge in [-0.3, -0.25) is 4.79 Å². The van der Waals surface area contributed by atoms with E-state index in [0.29, 0.717) is 30.3 Å². The van der Waals surface area contributed by atoms with Gasteiger partial charge in [-0.15, -0.1) is 0 Å². The highest BCUT2D eigenvalue weighted by atomic mass is 35.5. The van der Waals surface area contributed by atoms with Crippen LogP contribution in [0.5, 0.6) is 5.75 Å². The minimum atomic E-state index is 0.173. The first-order chi connectivity index (χ1) is 8.69. The largest absolute Gasteiger partial charge is 0.496 e. The molecule has 1 aliphatic carbocycles. The highest BCUT2D eigenvalue weighted by Gasteiger charge is 2.19. The van der Waals surface area contributed by atoms with Crippen molar-refractivity contribution in [3.05, 3.63) is 28.8 Å². The van der Waals surface area contributed by atoms with Crippen LogP contribution in [0.1, 0.15) is 31.2 Å². The monoisotopic (exact) mass is 268 g/mol. The maximum Gasteiger partial charge on any atom is 0.133 e. The predicted octanol–water partition coefficient (Wildman–Crippen LogP) is 3.38. The number of ether oxygens (including phenoxy) is 2. The van der Waals surface area contributed by atoms with Crippen molar-refractivity contribution in [2.75, 3.05) is 7.11 Å². The van der Waals surface area contributed by atoms with Crippen molar-refractivity contribution in [2.24, 2.45) is 0 Å². The molecule has 0 spiro atoms. The maximum atomic E-state index is 11.1. The number of hydrogen-bond acceptors (Lipinski definition) is 3. The number of ketones is 1. The normalized spacial score (nSPS) is 16.9. The Morgan fingerprint density at radius 3 is 2.72 bits per heavy atom. The van der Waals surface area contributed by atoms with Gasteiger partial charge in [-0.1, -0.05) is 11.6 Å². The molecule has 1 saturated carbocycles. The van der Waals surface area contributed by atoms with Gasteiger partial charge in [-0.05, 0) is 31.0 Å². The summed E-state index contributed by atoms with van der Waals surface area (Å²) in [7, 11) is 1.63. The van der Waals surface area contributed by atoms with Gasteiger partial charge in [0, 0.05) is 23.4 Å². The lowest BCUT2D eigenvalue weighted by Crippen LogP contribution is -2.21. The van der Waals surface area contributed by atoms with Crippen LogP contribution < -0.4 is 4.74 Å². The quantitative estimate of drug-likeness (QED) is 0.840. The van der Waals surface area contributed by atoms with Crippen molar-refractivity contribution >= 4 is 17.4 Å². The third kappa shape index (κ3) is 3.47. The molecule has 3 nitrogen and oxygen atoms in total. The molecule has 18 heavy (non-hydrogen) atoms. The van der Waals surface area contributed by atoms with E-state index in [2.05, 4.69) is 0 Å². The highest BCUT2D eigenvalue weighted by molar-refractivity contribution is 6.30. The lowest BCUT2D eigenvalue weighted by atomic mass is 9.96. The Bertz CT molecular complexity index is 421. The number of methoxy groups -OCH3 is 1. The minimum Gasteiger partial charge on any atom is -0.496 e. The van der Waals surface area contributed by atoms with Gasteiger partial charge in [-0.25, -0.2) is 0 Å². The molecule has 0 N–H and O–H groups in total. The lowest BCUT2D eigenvalue weighted by Gasteiger charge is -2.22. The second-order valence-electron chi connectivity index (χ2n) is 4.51. The van der Waals surface area contributed by atoms with Gasteiger partial charge in [0.2, 0.25) is 0 Å². The first-order valence-electron chi connectivity index (χ1n) is 6.15. The second kappa shape index (κ2) is 6.21. The number of benzene rings is 1. The third-order valence-corrected chi connectivity index (χ3v) is 3.44. The second-order valence-corrected chi connectivity index (χ2v) is 4.94. The number of hydrogen-bond donors (Lipinski definition) is 0. The molecule has 0 unspecified atom stereocenters. The van der Waals surface area contributed by atoms with E-state index >= 15 is 0 Å². The van der Waals surface area contributed by atoms with Gasteiger partial charge < -0.3 is 9.47 Å². The SMILES string of the molecule is COc1ccc(Cl)cc1COC1CCC(=O)CC1. The molecule has 1 aromatic rings. The summed E-state index contributed by atoms with van der Waals surface area (Å²) in [5.41, 5.74) is 0.946. The Morgan fingerprint density at radius 2 is 2.06 bits per heavy atom. The van der Waals surface area contributed by atoms with Gasteiger partial charge in [0.05, 0.1) is 19.8 Å². The van der Waals surface area contributed by atoms with Crippen LogP contribution in [0.4, 0.5) is 0 Å². The van der Waals surface area contributed by atoms with Crippen LogP contribution in [0.3, 0.4) is 0 Å². The molecule has 0 bridgehead atoms. The van der Waals surface area contributed by atoms with Gasteiger partial charge in [-0.2, -0.15) is 0 Å². The standard InChI is InChI=1S/C14H17ClO3/c1-17-14-7-2-11(15)8-10(14)9-18-13-5-3-12(16)4-6-13/h2,7-8,13H,3-6,9H2,1H3. The fourth-order valence-corrected chi connectivity index (χ4v) is 2.34. The van der Waals surface area contributed by atoms with E-state index in [1.165, 1.54) is 0 Å². The summed E-state index contributed by atoms with van der Waals surface area (Å²) in [5.74, 6) is 1.13. The zero-order chi connectivity index (χ0) is 13.0. The molecule has 0 atom stereocenters. The molecule has 98 valence electrons. The minimum absolute atomic E-state index is 0.173. The molecular weight excluding hydrogens is 252 g/mol. The van der Waals surface area contributed by atoms with Gasteiger partial charge in [0.25, 0.3) is 0 Å². The summed E-state index contributed by atoms with van der Waals surface area (Å²) in [6.07, 6.45) is 3.09. The van der Waals surface area contributed by atoms with Gasteiger partial charge in [0.15, 0.2) is 0 Å². The van der Waals surface area contributed by atoms with Crippen molar-refractivity contribution in [1.82, 2.24) is 0 Å². The van der Waals surface area contributed by atoms with Crippen LogP contribution in [0.15, 0.2) is 18.2 Å². The first-order valence-corrected chi connectivity index (χ1v) is 6.52. The molecule has 0 aliphatic heterocycles. The van der Waals surface area contributed by atoms with Crippen LogP contribution in [0, 0.1) is 0 Å². The average Bonchev–Trinajstić information content (AvgIpc) is 2.38. The Labute approximate surface area is 112 Å². The zero-order valence-electron chi connectivity index (χ0n) is 10.4. The summed E-state index contributed by atoms with van der Waals surface area (Å²) in [6, 6.07) is 5.49. The fraction of sp³-hybridized carbons (Fsp3) is 0.500. The molecule has 0 heterocycles. The van der Waals surface area contributed by atoms with Crippen LogP contribution in [-0.4, -0.2) is 19.0 Å². The fourth-order valence-electron chi connectivity index (χ4n) is 2.15. The van der Waals surface area contributed by atoms with E-state index < -0.39 is 0 Å². The van der Waals surface area contributed by atoms with E-state index in [1.54, 1.807) is 13.2 Å². The summed E-state index contributed by atoms with van der Waals surface area (Å²) in [6.45, 7) is 0.475. The Morgan fingerprint density at radius 1 is 1.33 bits per heavy atom. The first kappa shape index (κ1) is 13.4. The van der Waals surface area contributed by atoms with Crippen molar-refractivity contribution in [3.63, 3.8) is 0 Å². The zero-order valence-corrected chi connectivity index (χ0v) is 11.2. The molecule has 0 radical (unpaired) electrons. The van der Waals surface area contributed by atoms with Crippen LogP contribution in [-0.2, 0) is 16.1 Å². The van der Waals surface area contributed by atoms with Crippen molar-refractivity contribution in [1.29, 1.82) is 0 Å². The van der Waals surface area contributed by atoms with E-state index in [-0.39, 0.29) is 6.10 Å². The molecule has 1 aromatic carbocycles. The van der Waals surface area contributed by atoms with Crippen molar-refractivity contribution in [2.45, 2.75) is 38.4 Å². The number of Topliss-reactive ketones (excluding diaryl/α,β-unsaturated/α-hetero) is 1. The topological polar surface area (TPSA) is 35.5 Å². The summed E-state index contributed by atoms with van der Waals surface area (Å²) in [4.78, 5) is 11.1. The molecule has 2 rings (SSSR count).